The van der Waals surface area contributed by atoms with Gasteiger partial charge in [-0.25, -0.2) is 0 Å². The standard InChI is InChI=1S/C12H21N3O/c1-14-8-6-11(13-14)10-15(7-3-9-16)12-4-2-5-12/h6,8,12,16H,2-5,7,9-10H2,1H3. The van der Waals surface area contributed by atoms with Crippen molar-refractivity contribution in [3.05, 3.63) is 18.0 Å². The third-order valence-corrected chi connectivity index (χ3v) is 3.33. The molecule has 1 fully saturated rings. The van der Waals surface area contributed by atoms with E-state index < -0.39 is 0 Å². The molecule has 1 aromatic rings. The van der Waals surface area contributed by atoms with Crippen LogP contribution in [-0.4, -0.2) is 39.0 Å². The zero-order valence-corrected chi connectivity index (χ0v) is 9.97. The summed E-state index contributed by atoms with van der Waals surface area (Å²) in [5.41, 5.74) is 1.13. The number of aryl methyl sites for hydroxylation is 1. The molecule has 1 aliphatic carbocycles. The maximum absolute atomic E-state index is 8.91. The highest BCUT2D eigenvalue weighted by atomic mass is 16.3. The van der Waals surface area contributed by atoms with Crippen LogP contribution in [0.2, 0.25) is 0 Å². The summed E-state index contributed by atoms with van der Waals surface area (Å²) < 4.78 is 1.85. The summed E-state index contributed by atoms with van der Waals surface area (Å²) in [6.07, 6.45) is 6.81. The summed E-state index contributed by atoms with van der Waals surface area (Å²) >= 11 is 0. The van der Waals surface area contributed by atoms with Gasteiger partial charge in [0.05, 0.1) is 5.69 Å². The molecule has 4 heteroatoms. The number of aliphatic hydroxyl groups is 1. The van der Waals surface area contributed by atoms with Crippen molar-refractivity contribution in [1.29, 1.82) is 0 Å². The highest BCUT2D eigenvalue weighted by Crippen LogP contribution is 2.26. The molecule has 1 N–H and O–H groups in total. The van der Waals surface area contributed by atoms with Gasteiger partial charge < -0.3 is 5.11 Å². The second-order valence-corrected chi connectivity index (χ2v) is 4.61. The molecule has 1 aromatic heterocycles. The summed E-state index contributed by atoms with van der Waals surface area (Å²) in [6.45, 7) is 2.19. The quantitative estimate of drug-likeness (QED) is 0.786. The topological polar surface area (TPSA) is 41.3 Å². The molecule has 0 atom stereocenters. The van der Waals surface area contributed by atoms with Crippen LogP contribution in [0.15, 0.2) is 12.3 Å². The lowest BCUT2D eigenvalue weighted by molar-refractivity contribution is 0.108. The van der Waals surface area contributed by atoms with Crippen molar-refractivity contribution in [2.75, 3.05) is 13.2 Å². The monoisotopic (exact) mass is 223 g/mol. The van der Waals surface area contributed by atoms with Gasteiger partial charge >= 0.3 is 0 Å². The fourth-order valence-electron chi connectivity index (χ4n) is 2.17. The number of rotatable bonds is 6. The molecule has 1 saturated carbocycles. The van der Waals surface area contributed by atoms with E-state index >= 15 is 0 Å². The van der Waals surface area contributed by atoms with Crippen LogP contribution in [0.4, 0.5) is 0 Å². The second-order valence-electron chi connectivity index (χ2n) is 4.61. The summed E-state index contributed by atoms with van der Waals surface area (Å²) in [7, 11) is 1.95. The highest BCUT2D eigenvalue weighted by molar-refractivity contribution is 4.99. The van der Waals surface area contributed by atoms with Crippen molar-refractivity contribution in [3.8, 4) is 0 Å². The Bertz CT molecular complexity index is 320. The fraction of sp³-hybridized carbons (Fsp3) is 0.750. The van der Waals surface area contributed by atoms with Crippen molar-refractivity contribution >= 4 is 0 Å². The van der Waals surface area contributed by atoms with Crippen molar-refractivity contribution in [2.24, 2.45) is 7.05 Å². The van der Waals surface area contributed by atoms with Crippen molar-refractivity contribution in [3.63, 3.8) is 0 Å². The van der Waals surface area contributed by atoms with E-state index in [1.165, 1.54) is 19.3 Å². The Morgan fingerprint density at radius 3 is 2.88 bits per heavy atom. The Morgan fingerprint density at radius 1 is 1.56 bits per heavy atom. The molecule has 0 saturated heterocycles. The van der Waals surface area contributed by atoms with Crippen LogP contribution >= 0.6 is 0 Å². The average molecular weight is 223 g/mol. The Kier molecular flexibility index (Phi) is 3.96. The zero-order valence-electron chi connectivity index (χ0n) is 9.97. The minimum Gasteiger partial charge on any atom is -0.396 e. The first-order chi connectivity index (χ1) is 7.79. The SMILES string of the molecule is Cn1ccc(CN(CCCO)C2CCC2)n1. The van der Waals surface area contributed by atoms with Crippen LogP contribution in [0, 0.1) is 0 Å². The van der Waals surface area contributed by atoms with E-state index in [-0.39, 0.29) is 6.61 Å². The lowest BCUT2D eigenvalue weighted by Gasteiger charge is -2.37. The fourth-order valence-corrected chi connectivity index (χ4v) is 2.17. The Morgan fingerprint density at radius 2 is 2.38 bits per heavy atom. The highest BCUT2D eigenvalue weighted by Gasteiger charge is 2.24. The molecule has 1 heterocycles. The molecule has 0 unspecified atom stereocenters. The molecule has 1 aliphatic rings. The number of hydrogen-bond acceptors (Lipinski definition) is 3. The van der Waals surface area contributed by atoms with E-state index in [0.717, 1.165) is 25.2 Å². The molecule has 0 spiro atoms. The molecule has 0 bridgehead atoms. The van der Waals surface area contributed by atoms with Gasteiger partial charge in [0.25, 0.3) is 0 Å². The zero-order chi connectivity index (χ0) is 11.4. The summed E-state index contributed by atoms with van der Waals surface area (Å²) in [6, 6.07) is 2.79. The van der Waals surface area contributed by atoms with E-state index in [4.69, 9.17) is 5.11 Å². The molecule has 4 nitrogen and oxygen atoms in total. The van der Waals surface area contributed by atoms with Crippen LogP contribution in [0.1, 0.15) is 31.4 Å². The van der Waals surface area contributed by atoms with Gasteiger partial charge in [0, 0.05) is 39.0 Å². The van der Waals surface area contributed by atoms with Crippen LogP contribution in [-0.2, 0) is 13.6 Å². The molecule has 0 radical (unpaired) electrons. The van der Waals surface area contributed by atoms with Crippen molar-refractivity contribution in [1.82, 2.24) is 14.7 Å². The van der Waals surface area contributed by atoms with Gasteiger partial charge in [-0.2, -0.15) is 5.10 Å². The lowest BCUT2D eigenvalue weighted by Crippen LogP contribution is -2.40. The maximum atomic E-state index is 8.91. The van der Waals surface area contributed by atoms with Gasteiger partial charge in [0.15, 0.2) is 0 Å². The van der Waals surface area contributed by atoms with E-state index in [9.17, 15) is 0 Å². The second kappa shape index (κ2) is 5.46. The molecule has 0 aromatic carbocycles. The summed E-state index contributed by atoms with van der Waals surface area (Å²) in [5, 5.41) is 13.3. The van der Waals surface area contributed by atoms with E-state index in [1.54, 1.807) is 0 Å². The number of aromatic nitrogens is 2. The first kappa shape index (κ1) is 11.6. The number of aliphatic hydroxyl groups excluding tert-OH is 1. The van der Waals surface area contributed by atoms with Crippen LogP contribution in [0.3, 0.4) is 0 Å². The van der Waals surface area contributed by atoms with Crippen molar-refractivity contribution in [2.45, 2.75) is 38.3 Å². The molecule has 90 valence electrons. The van der Waals surface area contributed by atoms with E-state index in [2.05, 4.69) is 16.1 Å². The smallest absolute Gasteiger partial charge is 0.0764 e. The first-order valence-corrected chi connectivity index (χ1v) is 6.13. The molecule has 0 amide bonds. The molecular weight excluding hydrogens is 202 g/mol. The number of hydrogen-bond donors (Lipinski definition) is 1. The van der Waals surface area contributed by atoms with Gasteiger partial charge in [0.2, 0.25) is 0 Å². The van der Waals surface area contributed by atoms with E-state index in [0.29, 0.717) is 6.04 Å². The van der Waals surface area contributed by atoms with Gasteiger partial charge in [-0.15, -0.1) is 0 Å². The molecule has 16 heavy (non-hydrogen) atoms. The first-order valence-electron chi connectivity index (χ1n) is 6.13. The molecule has 2 rings (SSSR count). The van der Waals surface area contributed by atoms with Gasteiger partial charge in [-0.1, -0.05) is 6.42 Å². The van der Waals surface area contributed by atoms with Gasteiger partial charge in [-0.05, 0) is 25.3 Å². The van der Waals surface area contributed by atoms with Crippen LogP contribution in [0.5, 0.6) is 0 Å². The normalized spacial score (nSPS) is 16.7. The minimum absolute atomic E-state index is 0.283. The predicted octanol–water partition coefficient (Wildman–Crippen LogP) is 1.16. The Hall–Kier alpha value is -0.870. The third-order valence-electron chi connectivity index (χ3n) is 3.33. The maximum Gasteiger partial charge on any atom is 0.0764 e. The lowest BCUT2D eigenvalue weighted by atomic mass is 9.91. The van der Waals surface area contributed by atoms with Gasteiger partial charge in [0.1, 0.15) is 0 Å². The Labute approximate surface area is 96.9 Å². The van der Waals surface area contributed by atoms with E-state index in [1.807, 2.05) is 17.9 Å². The summed E-state index contributed by atoms with van der Waals surface area (Å²) in [4.78, 5) is 2.46. The predicted molar refractivity (Wildman–Crippen MR) is 63.0 cm³/mol. The number of nitrogens with zero attached hydrogens (tertiary/aromatic N) is 3. The minimum atomic E-state index is 0.283. The van der Waals surface area contributed by atoms with Crippen LogP contribution < -0.4 is 0 Å². The summed E-state index contributed by atoms with van der Waals surface area (Å²) in [5.74, 6) is 0. The average Bonchev–Trinajstić information content (AvgIpc) is 2.58. The Balaban J connectivity index is 1.90. The molecule has 0 aliphatic heterocycles. The molecular formula is C12H21N3O. The largest absolute Gasteiger partial charge is 0.396 e. The van der Waals surface area contributed by atoms with Crippen molar-refractivity contribution < 1.29 is 5.11 Å². The third kappa shape index (κ3) is 2.83. The van der Waals surface area contributed by atoms with Gasteiger partial charge in [-0.3, -0.25) is 9.58 Å². The van der Waals surface area contributed by atoms with Crippen LogP contribution in [0.25, 0.3) is 0 Å².